The van der Waals surface area contributed by atoms with E-state index in [-0.39, 0.29) is 11.3 Å². The highest BCUT2D eigenvalue weighted by Crippen LogP contribution is 2.32. The molecule has 2 aromatic rings. The third-order valence-electron chi connectivity index (χ3n) is 3.49. The van der Waals surface area contributed by atoms with Crippen LogP contribution in [0.2, 0.25) is 0 Å². The lowest BCUT2D eigenvalue weighted by Crippen LogP contribution is -2.32. The van der Waals surface area contributed by atoms with Crippen LogP contribution in [0, 0.1) is 12.7 Å². The number of aliphatic hydroxyl groups is 1. The molecule has 1 aliphatic heterocycles. The number of amides is 2. The van der Waals surface area contributed by atoms with Gasteiger partial charge in [0.05, 0.1) is 11.3 Å². The van der Waals surface area contributed by atoms with Crippen molar-refractivity contribution in [1.82, 2.24) is 0 Å². The van der Waals surface area contributed by atoms with Crippen LogP contribution in [0.3, 0.4) is 0 Å². The van der Waals surface area contributed by atoms with Crippen molar-refractivity contribution in [2.45, 2.75) is 6.92 Å². The number of hydrogen-bond acceptors (Lipinski definition) is 3. The van der Waals surface area contributed by atoms with Gasteiger partial charge >= 0.3 is 5.91 Å². The van der Waals surface area contributed by atoms with Gasteiger partial charge in [-0.1, -0.05) is 42.0 Å². The Morgan fingerprint density at radius 2 is 1.59 bits per heavy atom. The molecule has 22 heavy (non-hydrogen) atoms. The molecule has 0 aliphatic carbocycles. The van der Waals surface area contributed by atoms with Gasteiger partial charge in [-0.2, -0.15) is 0 Å². The second-order valence-electron chi connectivity index (χ2n) is 4.99. The largest absolute Gasteiger partial charge is 0.502 e. The summed E-state index contributed by atoms with van der Waals surface area (Å²) in [6.07, 6.45) is 0. The van der Waals surface area contributed by atoms with Gasteiger partial charge in [0.15, 0.2) is 5.76 Å². The van der Waals surface area contributed by atoms with Crippen molar-refractivity contribution in [3.63, 3.8) is 0 Å². The second kappa shape index (κ2) is 5.11. The van der Waals surface area contributed by atoms with Crippen LogP contribution in [0.5, 0.6) is 0 Å². The number of carbonyl (C=O) groups excluding carboxylic acids is 2. The third kappa shape index (κ3) is 2.07. The molecule has 1 heterocycles. The molecule has 110 valence electrons. The lowest BCUT2D eigenvalue weighted by molar-refractivity contribution is -0.121. The molecule has 0 bridgehead atoms. The van der Waals surface area contributed by atoms with Gasteiger partial charge in [0.25, 0.3) is 5.91 Å². The Morgan fingerprint density at radius 3 is 2.23 bits per heavy atom. The van der Waals surface area contributed by atoms with Crippen LogP contribution in [0.4, 0.5) is 10.1 Å². The molecule has 0 radical (unpaired) electrons. The molecule has 0 spiro atoms. The molecular formula is C17H12FNO3. The molecule has 2 aromatic carbocycles. The average molecular weight is 297 g/mol. The fourth-order valence-corrected chi connectivity index (χ4v) is 2.35. The first-order valence-corrected chi connectivity index (χ1v) is 6.64. The van der Waals surface area contributed by atoms with E-state index in [2.05, 4.69) is 0 Å². The number of nitrogens with zero attached hydrogens (tertiary/aromatic N) is 1. The van der Waals surface area contributed by atoms with E-state index in [0.717, 1.165) is 11.6 Å². The van der Waals surface area contributed by atoms with Crippen molar-refractivity contribution in [2.24, 2.45) is 0 Å². The van der Waals surface area contributed by atoms with E-state index in [1.165, 1.54) is 18.2 Å². The maximum atomic E-state index is 13.9. The number of carbonyl (C=O) groups is 2. The van der Waals surface area contributed by atoms with Crippen LogP contribution >= 0.6 is 0 Å². The SMILES string of the molecule is Cc1ccc(C2=C(O)C(=O)N(c3ccccc3F)C2=O)cc1. The van der Waals surface area contributed by atoms with E-state index in [9.17, 15) is 19.1 Å². The molecule has 2 amide bonds. The minimum atomic E-state index is -0.925. The smallest absolute Gasteiger partial charge is 0.301 e. The molecule has 0 saturated carbocycles. The first-order chi connectivity index (χ1) is 10.5. The summed E-state index contributed by atoms with van der Waals surface area (Å²) in [4.78, 5) is 25.3. The van der Waals surface area contributed by atoms with Gasteiger partial charge in [0.1, 0.15) is 5.82 Å². The Hall–Kier alpha value is -2.95. The van der Waals surface area contributed by atoms with Crippen LogP contribution < -0.4 is 4.90 Å². The van der Waals surface area contributed by atoms with E-state index in [4.69, 9.17) is 0 Å². The molecule has 0 aromatic heterocycles. The number of para-hydroxylation sites is 1. The zero-order chi connectivity index (χ0) is 15.9. The summed E-state index contributed by atoms with van der Waals surface area (Å²) in [6, 6.07) is 12.2. The normalized spacial score (nSPS) is 14.9. The number of imide groups is 1. The van der Waals surface area contributed by atoms with Gasteiger partial charge in [-0.25, -0.2) is 9.29 Å². The average Bonchev–Trinajstić information content (AvgIpc) is 2.72. The number of rotatable bonds is 2. The van der Waals surface area contributed by atoms with Crippen LogP contribution in [0.1, 0.15) is 11.1 Å². The number of aryl methyl sites for hydroxylation is 1. The second-order valence-corrected chi connectivity index (χ2v) is 4.99. The first-order valence-electron chi connectivity index (χ1n) is 6.64. The summed E-state index contributed by atoms with van der Waals surface area (Å²) in [7, 11) is 0. The molecular weight excluding hydrogens is 285 g/mol. The lowest BCUT2D eigenvalue weighted by atomic mass is 10.0. The van der Waals surface area contributed by atoms with Crippen LogP contribution in [-0.2, 0) is 9.59 Å². The fraction of sp³-hybridized carbons (Fsp3) is 0.0588. The minimum absolute atomic E-state index is 0.117. The maximum Gasteiger partial charge on any atom is 0.301 e. The van der Waals surface area contributed by atoms with E-state index >= 15 is 0 Å². The van der Waals surface area contributed by atoms with Gasteiger partial charge in [0.2, 0.25) is 0 Å². The van der Waals surface area contributed by atoms with Crippen molar-refractivity contribution >= 4 is 23.1 Å². The van der Waals surface area contributed by atoms with Crippen LogP contribution in [0.15, 0.2) is 54.3 Å². The number of aliphatic hydroxyl groups excluding tert-OH is 1. The van der Waals surface area contributed by atoms with E-state index in [0.29, 0.717) is 10.5 Å². The van der Waals surface area contributed by atoms with Crippen molar-refractivity contribution in [3.05, 3.63) is 71.2 Å². The Kier molecular flexibility index (Phi) is 3.25. The number of anilines is 1. The summed E-state index contributed by atoms with van der Waals surface area (Å²) >= 11 is 0. The Bertz CT molecular complexity index is 809. The molecule has 0 saturated heterocycles. The topological polar surface area (TPSA) is 57.6 Å². The number of benzene rings is 2. The van der Waals surface area contributed by atoms with E-state index in [1.54, 1.807) is 24.3 Å². The Balaban J connectivity index is 2.08. The van der Waals surface area contributed by atoms with E-state index < -0.39 is 23.4 Å². The highest BCUT2D eigenvalue weighted by molar-refractivity contribution is 6.44. The van der Waals surface area contributed by atoms with Crippen LogP contribution in [0.25, 0.3) is 5.57 Å². The Morgan fingerprint density at radius 1 is 0.955 bits per heavy atom. The summed E-state index contributed by atoms with van der Waals surface area (Å²) < 4.78 is 13.9. The zero-order valence-electron chi connectivity index (χ0n) is 11.7. The molecule has 5 heteroatoms. The van der Waals surface area contributed by atoms with Gasteiger partial charge in [0, 0.05) is 0 Å². The van der Waals surface area contributed by atoms with Gasteiger partial charge < -0.3 is 5.11 Å². The van der Waals surface area contributed by atoms with Crippen LogP contribution in [-0.4, -0.2) is 16.9 Å². The summed E-state index contributed by atoms with van der Waals surface area (Å²) in [5.41, 5.74) is 1.10. The maximum absolute atomic E-state index is 13.9. The number of halogens is 1. The number of hydrogen-bond donors (Lipinski definition) is 1. The molecule has 1 N–H and O–H groups in total. The summed E-state index contributed by atoms with van der Waals surface area (Å²) in [5.74, 6) is -3.04. The first kappa shape index (κ1) is 14.0. The van der Waals surface area contributed by atoms with E-state index in [1.807, 2.05) is 6.92 Å². The highest BCUT2D eigenvalue weighted by atomic mass is 19.1. The highest BCUT2D eigenvalue weighted by Gasteiger charge is 2.41. The van der Waals surface area contributed by atoms with Crippen molar-refractivity contribution in [2.75, 3.05) is 4.90 Å². The fourth-order valence-electron chi connectivity index (χ4n) is 2.35. The molecule has 3 rings (SSSR count). The van der Waals surface area contributed by atoms with Gasteiger partial charge in [-0.15, -0.1) is 0 Å². The standard InChI is InChI=1S/C17H12FNO3/c1-10-6-8-11(9-7-10)14-15(20)17(22)19(16(14)21)13-5-3-2-4-12(13)18/h2-9,20H,1H3. The minimum Gasteiger partial charge on any atom is -0.502 e. The van der Waals surface area contributed by atoms with Gasteiger partial charge in [-0.3, -0.25) is 9.59 Å². The molecule has 4 nitrogen and oxygen atoms in total. The predicted octanol–water partition coefficient (Wildman–Crippen LogP) is 2.98. The lowest BCUT2D eigenvalue weighted by Gasteiger charge is -2.15. The summed E-state index contributed by atoms with van der Waals surface area (Å²) in [5, 5.41) is 10.0. The van der Waals surface area contributed by atoms with Crippen molar-refractivity contribution in [1.29, 1.82) is 0 Å². The molecule has 1 aliphatic rings. The predicted molar refractivity (Wildman–Crippen MR) is 79.6 cm³/mol. The monoisotopic (exact) mass is 297 g/mol. The molecule has 0 unspecified atom stereocenters. The zero-order valence-corrected chi connectivity index (χ0v) is 11.7. The van der Waals surface area contributed by atoms with Crippen molar-refractivity contribution in [3.8, 4) is 0 Å². The van der Waals surface area contributed by atoms with Gasteiger partial charge in [-0.05, 0) is 24.6 Å². The molecule has 0 atom stereocenters. The quantitative estimate of drug-likeness (QED) is 0.867. The summed E-state index contributed by atoms with van der Waals surface area (Å²) in [6.45, 7) is 1.88. The third-order valence-corrected chi connectivity index (χ3v) is 3.49. The Labute approximate surface area is 126 Å². The molecule has 0 fully saturated rings. The van der Waals surface area contributed by atoms with Crippen molar-refractivity contribution < 1.29 is 19.1 Å².